The van der Waals surface area contributed by atoms with Crippen LogP contribution in [0.1, 0.15) is 17.8 Å². The molecule has 1 atom stereocenters. The van der Waals surface area contributed by atoms with Gasteiger partial charge >= 0.3 is 0 Å². The lowest BCUT2D eigenvalue weighted by Gasteiger charge is -2.11. The van der Waals surface area contributed by atoms with Gasteiger partial charge in [0.15, 0.2) is 0 Å². The number of pyridine rings is 1. The van der Waals surface area contributed by atoms with Gasteiger partial charge in [0.1, 0.15) is 5.75 Å². The average Bonchev–Trinajstić information content (AvgIpc) is 2.65. The highest BCUT2D eigenvalue weighted by molar-refractivity contribution is 5.26. The van der Waals surface area contributed by atoms with Gasteiger partial charge in [-0.1, -0.05) is 0 Å². The predicted molar refractivity (Wildman–Crippen MR) is 60.2 cm³/mol. The molecule has 1 aliphatic rings. The second-order valence-electron chi connectivity index (χ2n) is 4.26. The molecular formula is C12H18N2O. The third-order valence-electron chi connectivity index (χ3n) is 2.70. The van der Waals surface area contributed by atoms with Crippen molar-refractivity contribution in [3.63, 3.8) is 0 Å². The van der Waals surface area contributed by atoms with E-state index in [2.05, 4.69) is 10.3 Å². The van der Waals surface area contributed by atoms with Crippen LogP contribution in [-0.2, 0) is 0 Å². The van der Waals surface area contributed by atoms with Crippen molar-refractivity contribution < 1.29 is 4.74 Å². The van der Waals surface area contributed by atoms with Crippen molar-refractivity contribution in [2.45, 2.75) is 20.3 Å². The van der Waals surface area contributed by atoms with E-state index in [-0.39, 0.29) is 0 Å². The average molecular weight is 206 g/mol. The molecule has 0 radical (unpaired) electrons. The summed E-state index contributed by atoms with van der Waals surface area (Å²) in [6, 6.07) is 3.99. The topological polar surface area (TPSA) is 34.1 Å². The zero-order valence-electron chi connectivity index (χ0n) is 9.42. The standard InChI is InChI=1S/C12H18N2O/c1-9-5-12(6-10(2)14-9)15-8-11-3-4-13-7-11/h5-6,11,13H,3-4,7-8H2,1-2H3/t11-/m1/s1. The van der Waals surface area contributed by atoms with Crippen LogP contribution in [0.25, 0.3) is 0 Å². The minimum Gasteiger partial charge on any atom is -0.493 e. The van der Waals surface area contributed by atoms with Crippen LogP contribution in [0.2, 0.25) is 0 Å². The number of aryl methyl sites for hydroxylation is 2. The van der Waals surface area contributed by atoms with Gasteiger partial charge < -0.3 is 10.1 Å². The zero-order chi connectivity index (χ0) is 10.7. The van der Waals surface area contributed by atoms with Gasteiger partial charge in [0, 0.05) is 36.0 Å². The lowest BCUT2D eigenvalue weighted by Crippen LogP contribution is -2.15. The van der Waals surface area contributed by atoms with Crippen LogP contribution in [0.3, 0.4) is 0 Å². The molecule has 0 spiro atoms. The molecule has 1 fully saturated rings. The molecule has 0 amide bonds. The summed E-state index contributed by atoms with van der Waals surface area (Å²) in [6.45, 7) is 7.02. The number of aromatic nitrogens is 1. The summed E-state index contributed by atoms with van der Waals surface area (Å²) in [5.41, 5.74) is 2.05. The molecule has 1 N–H and O–H groups in total. The number of ether oxygens (including phenoxy) is 1. The van der Waals surface area contributed by atoms with E-state index >= 15 is 0 Å². The molecule has 2 heterocycles. The molecule has 0 saturated carbocycles. The Morgan fingerprint density at radius 3 is 2.73 bits per heavy atom. The fraction of sp³-hybridized carbons (Fsp3) is 0.583. The number of nitrogens with one attached hydrogen (secondary N) is 1. The Bertz CT molecular complexity index is 312. The number of hydrogen-bond acceptors (Lipinski definition) is 3. The first-order valence-corrected chi connectivity index (χ1v) is 5.53. The summed E-state index contributed by atoms with van der Waals surface area (Å²) in [7, 11) is 0. The van der Waals surface area contributed by atoms with E-state index in [4.69, 9.17) is 4.74 Å². The summed E-state index contributed by atoms with van der Waals surface area (Å²) < 4.78 is 5.77. The monoisotopic (exact) mass is 206 g/mol. The molecular weight excluding hydrogens is 188 g/mol. The lowest BCUT2D eigenvalue weighted by atomic mass is 10.1. The molecule has 0 aliphatic carbocycles. The maximum Gasteiger partial charge on any atom is 0.122 e. The molecule has 0 bridgehead atoms. The normalized spacial score (nSPS) is 20.5. The molecule has 82 valence electrons. The summed E-state index contributed by atoms with van der Waals surface area (Å²) in [5.74, 6) is 1.62. The number of nitrogens with zero attached hydrogens (tertiary/aromatic N) is 1. The van der Waals surface area contributed by atoms with Gasteiger partial charge in [-0.05, 0) is 26.8 Å². The Kier molecular flexibility index (Phi) is 3.21. The Hall–Kier alpha value is -1.09. The molecule has 1 aliphatic heterocycles. The Morgan fingerprint density at radius 2 is 2.13 bits per heavy atom. The first-order chi connectivity index (χ1) is 7.24. The van der Waals surface area contributed by atoms with Crippen molar-refractivity contribution in [1.29, 1.82) is 0 Å². The molecule has 1 saturated heterocycles. The first-order valence-electron chi connectivity index (χ1n) is 5.53. The second kappa shape index (κ2) is 4.62. The van der Waals surface area contributed by atoms with Crippen LogP contribution in [0.15, 0.2) is 12.1 Å². The Labute approximate surface area is 90.9 Å². The van der Waals surface area contributed by atoms with Crippen LogP contribution in [-0.4, -0.2) is 24.7 Å². The summed E-state index contributed by atoms with van der Waals surface area (Å²) in [4.78, 5) is 4.32. The van der Waals surface area contributed by atoms with Crippen molar-refractivity contribution in [3.05, 3.63) is 23.5 Å². The summed E-state index contributed by atoms with van der Waals surface area (Å²) >= 11 is 0. The largest absolute Gasteiger partial charge is 0.493 e. The quantitative estimate of drug-likeness (QED) is 0.817. The molecule has 0 unspecified atom stereocenters. The van der Waals surface area contributed by atoms with E-state index < -0.39 is 0 Å². The maximum atomic E-state index is 5.77. The van der Waals surface area contributed by atoms with E-state index in [9.17, 15) is 0 Å². The van der Waals surface area contributed by atoms with E-state index in [1.54, 1.807) is 0 Å². The van der Waals surface area contributed by atoms with E-state index in [0.29, 0.717) is 5.92 Å². The van der Waals surface area contributed by atoms with E-state index in [0.717, 1.165) is 36.8 Å². The van der Waals surface area contributed by atoms with Crippen LogP contribution in [0.4, 0.5) is 0 Å². The fourth-order valence-electron chi connectivity index (χ4n) is 1.95. The Morgan fingerprint density at radius 1 is 1.40 bits per heavy atom. The van der Waals surface area contributed by atoms with Crippen LogP contribution in [0.5, 0.6) is 5.75 Å². The SMILES string of the molecule is Cc1cc(OC[C@@H]2CCNC2)cc(C)n1. The molecule has 3 heteroatoms. The molecule has 0 aromatic carbocycles. The van der Waals surface area contributed by atoms with Crippen molar-refractivity contribution in [2.75, 3.05) is 19.7 Å². The van der Waals surface area contributed by atoms with Crippen molar-refractivity contribution >= 4 is 0 Å². The van der Waals surface area contributed by atoms with Gasteiger partial charge in [-0.15, -0.1) is 0 Å². The number of rotatable bonds is 3. The maximum absolute atomic E-state index is 5.77. The molecule has 2 rings (SSSR count). The highest BCUT2D eigenvalue weighted by Crippen LogP contribution is 2.16. The smallest absolute Gasteiger partial charge is 0.122 e. The Balaban J connectivity index is 1.92. The fourth-order valence-corrected chi connectivity index (χ4v) is 1.95. The highest BCUT2D eigenvalue weighted by atomic mass is 16.5. The lowest BCUT2D eigenvalue weighted by molar-refractivity contribution is 0.259. The minimum absolute atomic E-state index is 0.666. The first kappa shape index (κ1) is 10.4. The predicted octanol–water partition coefficient (Wildman–Crippen LogP) is 1.69. The number of hydrogen-bond donors (Lipinski definition) is 1. The zero-order valence-corrected chi connectivity index (χ0v) is 9.42. The van der Waals surface area contributed by atoms with Crippen molar-refractivity contribution in [1.82, 2.24) is 10.3 Å². The third-order valence-corrected chi connectivity index (χ3v) is 2.70. The summed E-state index contributed by atoms with van der Waals surface area (Å²) in [6.07, 6.45) is 1.23. The van der Waals surface area contributed by atoms with Crippen LogP contribution < -0.4 is 10.1 Å². The minimum atomic E-state index is 0.666. The van der Waals surface area contributed by atoms with E-state index in [1.807, 2.05) is 26.0 Å². The van der Waals surface area contributed by atoms with Gasteiger partial charge in [-0.3, -0.25) is 4.98 Å². The van der Waals surface area contributed by atoms with Gasteiger partial charge in [0.05, 0.1) is 6.61 Å². The van der Waals surface area contributed by atoms with Crippen LogP contribution in [0, 0.1) is 19.8 Å². The highest BCUT2D eigenvalue weighted by Gasteiger charge is 2.14. The second-order valence-corrected chi connectivity index (χ2v) is 4.26. The summed E-state index contributed by atoms with van der Waals surface area (Å²) in [5, 5.41) is 3.34. The van der Waals surface area contributed by atoms with Crippen LogP contribution >= 0.6 is 0 Å². The van der Waals surface area contributed by atoms with Gasteiger partial charge in [0.25, 0.3) is 0 Å². The molecule has 1 aromatic heterocycles. The van der Waals surface area contributed by atoms with E-state index in [1.165, 1.54) is 6.42 Å². The molecule has 15 heavy (non-hydrogen) atoms. The third kappa shape index (κ3) is 2.93. The van der Waals surface area contributed by atoms with Gasteiger partial charge in [-0.25, -0.2) is 0 Å². The van der Waals surface area contributed by atoms with Crippen molar-refractivity contribution in [2.24, 2.45) is 5.92 Å². The van der Waals surface area contributed by atoms with Gasteiger partial charge in [0.2, 0.25) is 0 Å². The van der Waals surface area contributed by atoms with Crippen molar-refractivity contribution in [3.8, 4) is 5.75 Å². The molecule has 3 nitrogen and oxygen atoms in total. The van der Waals surface area contributed by atoms with Gasteiger partial charge in [-0.2, -0.15) is 0 Å². The molecule has 1 aromatic rings.